The number of benzene rings is 4. The molecule has 0 fully saturated rings. The number of rotatable bonds is 18. The number of para-hydroxylation sites is 4. The van der Waals surface area contributed by atoms with Crippen molar-refractivity contribution in [1.29, 1.82) is 0 Å². The van der Waals surface area contributed by atoms with Crippen LogP contribution in [0.3, 0.4) is 0 Å². The quantitative estimate of drug-likeness (QED) is 0.0455. The zero-order valence-corrected chi connectivity index (χ0v) is 58.1. The Labute approximate surface area is 607 Å². The van der Waals surface area contributed by atoms with Gasteiger partial charge in [-0.3, -0.25) is 62.8 Å². The molecule has 534 valence electrons. The number of nitrogens with zero attached hydrogens (tertiary/aromatic N) is 5. The van der Waals surface area contributed by atoms with Crippen LogP contribution in [0.2, 0.25) is 0 Å². The van der Waals surface area contributed by atoms with Gasteiger partial charge in [-0.05, 0) is 25.7 Å². The van der Waals surface area contributed by atoms with Crippen LogP contribution in [0, 0.1) is 38.6 Å². The number of nitrogens with one attached hydrogen (secondary N) is 8. The van der Waals surface area contributed by atoms with Gasteiger partial charge in [0.15, 0.2) is 0 Å². The number of carbonyl (C=O) groups excluding carboxylic acids is 9. The molecule has 0 radical (unpaired) electrons. The number of hydrogen-bond acceptors (Lipinski definition) is 19. The zero-order chi connectivity index (χ0) is 69.3. The molecule has 0 aliphatic carbocycles. The molecule has 4 heterocycles. The summed E-state index contributed by atoms with van der Waals surface area (Å²) in [6, 6.07) is 16.3. The number of ether oxygens (including phenoxy) is 2. The van der Waals surface area contributed by atoms with E-state index in [2.05, 4.69) is 42.5 Å². The first-order chi connectivity index (χ1) is 47.0. The Bertz CT molecular complexity index is 3230. The number of halogens is 1. The van der Waals surface area contributed by atoms with Gasteiger partial charge in [-0.1, -0.05) is 115 Å². The van der Waals surface area contributed by atoms with Gasteiger partial charge in [-0.2, -0.15) is 0 Å². The first-order valence-corrected chi connectivity index (χ1v) is 33.9. The van der Waals surface area contributed by atoms with Crippen molar-refractivity contribution in [1.82, 2.24) is 67.0 Å². The molecule has 0 saturated carbocycles. The smallest absolute Gasteiger partial charge is 0.871 e. The van der Waals surface area contributed by atoms with Gasteiger partial charge in [0, 0.05) is 207 Å². The second kappa shape index (κ2) is 43.2. The Kier molecular flexibility index (Phi) is 35.1. The molecule has 0 spiro atoms. The first kappa shape index (κ1) is 79.6. The fourth-order valence-electron chi connectivity index (χ4n) is 11.3. The minimum Gasteiger partial charge on any atom is -0.871 e. The predicted molar refractivity (Wildman–Crippen MR) is 354 cm³/mol. The molecule has 4 aromatic rings. The molecule has 2 unspecified atom stereocenters. The summed E-state index contributed by atoms with van der Waals surface area (Å²) in [5, 5.41) is 78.3. The Morgan fingerprint density at radius 3 is 1.03 bits per heavy atom. The summed E-state index contributed by atoms with van der Waals surface area (Å²) in [6.07, 6.45) is 5.64. The van der Waals surface area contributed by atoms with Crippen LogP contribution in [0.4, 0.5) is 0 Å². The van der Waals surface area contributed by atoms with Crippen LogP contribution in [0.1, 0.15) is 134 Å². The van der Waals surface area contributed by atoms with Gasteiger partial charge in [-0.15, -0.1) is 11.6 Å². The van der Waals surface area contributed by atoms with Gasteiger partial charge in [0.2, 0.25) is 5.91 Å². The molecule has 4 aliphatic rings. The van der Waals surface area contributed by atoms with Crippen LogP contribution < -0.4 is 63.0 Å². The molecule has 8 rings (SSSR count). The SMILES string of the molecule is O=C(CCCCCN1CCN2CCNC(=O)c3cccc(c3[O-])C(=O)NCCN(CCNC(=O)c3cccc(c3[O-])C1=O)CCN1CCNC(=O)c3cccc(c3[O-])C(=O)NCCN(CCNC(=O)c3cccc(c3[O-])C(=O)NCC1)CC2)NCCOCCOCCCCCCCl.[Tb+3]. The first-order valence-electron chi connectivity index (χ1n) is 33.4. The van der Waals surface area contributed by atoms with Gasteiger partial charge in [0.25, 0.3) is 47.3 Å². The summed E-state index contributed by atoms with van der Waals surface area (Å²) in [4.78, 5) is 134. The maximum atomic E-state index is 14.9. The Morgan fingerprint density at radius 2 is 0.673 bits per heavy atom. The van der Waals surface area contributed by atoms with Gasteiger partial charge in [0.05, 0.1) is 19.8 Å². The molecule has 9 amide bonds. The molecular formula is C68H90ClN13O15Tb-. The van der Waals surface area contributed by atoms with E-state index in [4.69, 9.17) is 21.1 Å². The molecule has 28 nitrogen and oxygen atoms in total. The number of fused-ring (bicyclic) bond motifs is 16. The van der Waals surface area contributed by atoms with E-state index in [-0.39, 0.29) is 233 Å². The van der Waals surface area contributed by atoms with Crippen molar-refractivity contribution in [2.75, 3.05) is 176 Å². The Hall–Kier alpha value is -7.35. The number of carbonyl (C=O) groups is 9. The minimum atomic E-state index is -0.803. The zero-order valence-electron chi connectivity index (χ0n) is 55.2. The second-order valence-corrected chi connectivity index (χ2v) is 24.0. The van der Waals surface area contributed by atoms with Gasteiger partial charge in [-0.25, -0.2) is 0 Å². The van der Waals surface area contributed by atoms with Gasteiger partial charge in [0.1, 0.15) is 0 Å². The van der Waals surface area contributed by atoms with Crippen molar-refractivity contribution >= 4 is 64.8 Å². The third-order valence-corrected chi connectivity index (χ3v) is 17.1. The number of unbranched alkanes of at least 4 members (excludes halogenated alkanes) is 5. The summed E-state index contributed by atoms with van der Waals surface area (Å²) in [7, 11) is 0. The minimum absolute atomic E-state index is 0. The summed E-state index contributed by atoms with van der Waals surface area (Å²) < 4.78 is 11.2. The Balaban J connectivity index is 0.0000152. The molecule has 2 atom stereocenters. The van der Waals surface area contributed by atoms with Crippen molar-refractivity contribution in [2.45, 2.75) is 51.4 Å². The van der Waals surface area contributed by atoms with Crippen LogP contribution in [0.25, 0.3) is 0 Å². The number of alkyl halides is 1. The molecule has 98 heavy (non-hydrogen) atoms. The average molecular weight is 1520 g/mol. The third-order valence-electron chi connectivity index (χ3n) is 16.9. The molecular weight excluding hydrogens is 1430 g/mol. The van der Waals surface area contributed by atoms with Crippen LogP contribution in [0.5, 0.6) is 23.0 Å². The van der Waals surface area contributed by atoms with E-state index < -0.39 is 70.3 Å². The summed E-state index contributed by atoms with van der Waals surface area (Å²) in [5.74, 6) is -8.60. The largest absolute Gasteiger partial charge is 3.00 e. The van der Waals surface area contributed by atoms with E-state index in [1.165, 1.54) is 77.7 Å². The molecule has 12 bridgehead atoms. The van der Waals surface area contributed by atoms with E-state index in [1.54, 1.807) is 0 Å². The third kappa shape index (κ3) is 25.4. The van der Waals surface area contributed by atoms with Crippen LogP contribution in [-0.4, -0.2) is 254 Å². The molecule has 4 aliphatic heterocycles. The second-order valence-electron chi connectivity index (χ2n) is 23.7. The van der Waals surface area contributed by atoms with E-state index in [0.29, 0.717) is 58.1 Å². The fourth-order valence-corrected chi connectivity index (χ4v) is 11.5. The molecule has 30 heteroatoms. The summed E-state index contributed by atoms with van der Waals surface area (Å²) in [6.45, 7) is 3.46. The van der Waals surface area contributed by atoms with E-state index in [0.717, 1.165) is 25.7 Å². The van der Waals surface area contributed by atoms with Crippen LogP contribution >= 0.6 is 11.6 Å². The van der Waals surface area contributed by atoms with Gasteiger partial charge >= 0.3 is 38.6 Å². The molecule has 0 aromatic heterocycles. The fraction of sp³-hybridized carbons (Fsp3) is 0.515. The van der Waals surface area contributed by atoms with Crippen molar-refractivity contribution in [2.24, 2.45) is 0 Å². The standard InChI is InChI=1S/C68H94ClN13O15.Tb/c69-21-5-1-2-7-44-96-46-47-97-45-29-70-56(83)20-4-3-6-30-82-43-42-81-37-28-77-66(93)53-17-10-16-52(59(53)86)63(90)73-24-33-79(34-27-76-67(94)54-18-11-19-55(60(54)87)68(82)95)39-38-78-31-22-71-61(88)48-12-8-14-50(57(48)84)64(91)74-25-35-80(40-41-81)36-26-75-65(92)51-15-9-13-49(58(51)85)62(89)72-23-32-78;/h8-19,84-87H,1-7,20-47H2,(H,70,83)(H,71,88)(H,72,89)(H,73,90)(H,74,91)(H,75,92)(H,76,94)(H,77,93);/q;+3/p-4. The van der Waals surface area contributed by atoms with Crippen LogP contribution in [-0.2, 0) is 14.3 Å². The summed E-state index contributed by atoms with van der Waals surface area (Å²) in [5.41, 5.74) is -2.20. The van der Waals surface area contributed by atoms with E-state index in [9.17, 15) is 63.6 Å². The van der Waals surface area contributed by atoms with E-state index in [1.807, 2.05) is 19.6 Å². The molecule has 8 N–H and O–H groups in total. The van der Waals surface area contributed by atoms with Crippen molar-refractivity contribution < 1.29 is 112 Å². The number of hydrogen-bond donors (Lipinski definition) is 8. The summed E-state index contributed by atoms with van der Waals surface area (Å²) >= 11 is 5.74. The predicted octanol–water partition coefficient (Wildman–Crippen LogP) is -0.610. The monoisotopic (exact) mass is 1520 g/mol. The maximum Gasteiger partial charge on any atom is 3.00 e. The molecule has 0 saturated heterocycles. The maximum absolute atomic E-state index is 14.9. The Morgan fingerprint density at radius 1 is 0.378 bits per heavy atom. The topological polar surface area (TPSA) is 377 Å². The normalized spacial score (nSPS) is 19.6. The van der Waals surface area contributed by atoms with Crippen molar-refractivity contribution in [3.05, 3.63) is 117 Å². The van der Waals surface area contributed by atoms with Crippen molar-refractivity contribution in [3.8, 4) is 23.0 Å². The number of amides is 9. The van der Waals surface area contributed by atoms with E-state index >= 15 is 0 Å². The van der Waals surface area contributed by atoms with Crippen molar-refractivity contribution in [3.63, 3.8) is 0 Å². The van der Waals surface area contributed by atoms with Gasteiger partial charge < -0.3 is 77.3 Å². The average Bonchev–Trinajstić information content (AvgIpc) is 0.855. The van der Waals surface area contributed by atoms with Crippen LogP contribution in [0.15, 0.2) is 72.8 Å². The molecule has 4 aromatic carbocycles.